The highest BCUT2D eigenvalue weighted by molar-refractivity contribution is 5.90. The van der Waals surface area contributed by atoms with Crippen LogP contribution in [0.4, 0.5) is 0 Å². The van der Waals surface area contributed by atoms with Gasteiger partial charge < -0.3 is 5.73 Å². The largest absolute Gasteiger partial charge is 0.369 e. The molecule has 23 heavy (non-hydrogen) atoms. The number of carbonyl (C=O) groups is 1. The zero-order valence-corrected chi connectivity index (χ0v) is 14.0. The number of unbranched alkanes of at least 4 members (excludes halogenated alkanes) is 4. The van der Waals surface area contributed by atoms with Gasteiger partial charge in [-0.15, -0.1) is 0 Å². The number of rotatable bonds is 9. The van der Waals surface area contributed by atoms with Crippen LogP contribution in [0, 0.1) is 0 Å². The average Bonchev–Trinajstić information content (AvgIpc) is 2.59. The molecule has 0 bridgehead atoms. The molecule has 0 saturated heterocycles. The van der Waals surface area contributed by atoms with E-state index >= 15 is 0 Å². The van der Waals surface area contributed by atoms with Gasteiger partial charge in [-0.2, -0.15) is 0 Å². The quantitative estimate of drug-likeness (QED) is 0.663. The Morgan fingerprint density at radius 3 is 1.74 bits per heavy atom. The molecule has 2 rings (SSSR count). The first-order chi connectivity index (χ1) is 11.2. The molecule has 2 heteroatoms. The van der Waals surface area contributed by atoms with Crippen molar-refractivity contribution < 1.29 is 4.79 Å². The van der Waals surface area contributed by atoms with Crippen LogP contribution in [0.15, 0.2) is 60.7 Å². The monoisotopic (exact) mass is 309 g/mol. The molecule has 0 aromatic heterocycles. The molecule has 0 atom stereocenters. The predicted octanol–water partition coefficient (Wildman–Crippen LogP) is 4.82. The molecule has 0 aliphatic carbocycles. The van der Waals surface area contributed by atoms with E-state index in [1.165, 1.54) is 19.3 Å². The Morgan fingerprint density at radius 2 is 1.30 bits per heavy atom. The molecule has 0 saturated carbocycles. The summed E-state index contributed by atoms with van der Waals surface area (Å²) in [6, 6.07) is 19.9. The van der Waals surface area contributed by atoms with E-state index in [1.54, 1.807) is 0 Å². The van der Waals surface area contributed by atoms with Crippen molar-refractivity contribution in [1.82, 2.24) is 0 Å². The number of hydrogen-bond donors (Lipinski definition) is 1. The van der Waals surface area contributed by atoms with Crippen molar-refractivity contribution >= 4 is 5.91 Å². The highest BCUT2D eigenvalue weighted by atomic mass is 16.1. The Hall–Kier alpha value is -2.09. The van der Waals surface area contributed by atoms with Gasteiger partial charge in [0.25, 0.3) is 0 Å². The lowest BCUT2D eigenvalue weighted by atomic mass is 9.70. The summed E-state index contributed by atoms with van der Waals surface area (Å²) in [5.74, 6) is -0.259. The number of nitrogens with two attached hydrogens (primary N) is 1. The number of primary amides is 1. The zero-order chi connectivity index (χ0) is 16.5. The SMILES string of the molecule is CCCCCCCC(C(N)=O)(c1ccccc1)c1ccccc1. The Balaban J connectivity index is 2.34. The molecule has 2 aromatic carbocycles. The van der Waals surface area contributed by atoms with Crippen LogP contribution in [0.5, 0.6) is 0 Å². The first-order valence-corrected chi connectivity index (χ1v) is 8.62. The second-order valence-electron chi connectivity index (χ2n) is 6.17. The van der Waals surface area contributed by atoms with E-state index in [1.807, 2.05) is 60.7 Å². The molecule has 0 radical (unpaired) electrons. The van der Waals surface area contributed by atoms with E-state index in [4.69, 9.17) is 5.73 Å². The average molecular weight is 309 g/mol. The van der Waals surface area contributed by atoms with Crippen molar-refractivity contribution in [3.63, 3.8) is 0 Å². The maximum absolute atomic E-state index is 12.6. The number of carbonyl (C=O) groups excluding carboxylic acids is 1. The molecule has 0 heterocycles. The van der Waals surface area contributed by atoms with Gasteiger partial charge in [0, 0.05) is 0 Å². The molecule has 0 aliphatic heterocycles. The fourth-order valence-corrected chi connectivity index (χ4v) is 3.30. The Labute approximate surface area is 139 Å². The second kappa shape index (κ2) is 8.52. The highest BCUT2D eigenvalue weighted by Gasteiger charge is 2.39. The minimum Gasteiger partial charge on any atom is -0.369 e. The summed E-state index contributed by atoms with van der Waals surface area (Å²) in [5.41, 5.74) is 7.20. The minimum absolute atomic E-state index is 0.259. The minimum atomic E-state index is -0.727. The van der Waals surface area contributed by atoms with Crippen LogP contribution in [0.1, 0.15) is 56.6 Å². The summed E-state index contributed by atoms with van der Waals surface area (Å²) in [6.07, 6.45) is 6.60. The van der Waals surface area contributed by atoms with Crippen LogP contribution in [-0.2, 0) is 10.2 Å². The van der Waals surface area contributed by atoms with Gasteiger partial charge in [-0.25, -0.2) is 0 Å². The highest BCUT2D eigenvalue weighted by Crippen LogP contribution is 2.37. The first kappa shape index (κ1) is 17.3. The maximum Gasteiger partial charge on any atom is 0.232 e. The third kappa shape index (κ3) is 4.01. The maximum atomic E-state index is 12.6. The molecule has 0 aliphatic rings. The van der Waals surface area contributed by atoms with E-state index < -0.39 is 5.41 Å². The normalized spacial score (nSPS) is 11.3. The molecule has 2 N–H and O–H groups in total. The van der Waals surface area contributed by atoms with Gasteiger partial charge >= 0.3 is 0 Å². The lowest BCUT2D eigenvalue weighted by molar-refractivity contribution is -0.122. The Bertz CT molecular complexity index is 552. The van der Waals surface area contributed by atoms with Gasteiger partial charge in [-0.05, 0) is 17.5 Å². The van der Waals surface area contributed by atoms with Crippen molar-refractivity contribution in [2.45, 2.75) is 50.9 Å². The molecule has 2 nitrogen and oxygen atoms in total. The lowest BCUT2D eigenvalue weighted by Gasteiger charge is -2.32. The molecule has 122 valence electrons. The topological polar surface area (TPSA) is 43.1 Å². The van der Waals surface area contributed by atoms with Crippen LogP contribution >= 0.6 is 0 Å². The summed E-state index contributed by atoms with van der Waals surface area (Å²) in [6.45, 7) is 2.21. The van der Waals surface area contributed by atoms with Crippen molar-refractivity contribution in [3.05, 3.63) is 71.8 Å². The van der Waals surface area contributed by atoms with Gasteiger partial charge in [-0.1, -0.05) is 99.7 Å². The standard InChI is InChI=1S/C21H27NO/c1-2-3-4-5-12-17-21(20(22)23,18-13-8-6-9-14-18)19-15-10-7-11-16-19/h6-11,13-16H,2-5,12,17H2,1H3,(H2,22,23). The van der Waals surface area contributed by atoms with Crippen molar-refractivity contribution in [1.29, 1.82) is 0 Å². The summed E-state index contributed by atoms with van der Waals surface area (Å²) < 4.78 is 0. The number of benzene rings is 2. The van der Waals surface area contributed by atoms with Crippen LogP contribution in [-0.4, -0.2) is 5.91 Å². The van der Waals surface area contributed by atoms with Crippen molar-refractivity contribution in [2.24, 2.45) is 5.73 Å². The third-order valence-electron chi connectivity index (χ3n) is 4.61. The second-order valence-corrected chi connectivity index (χ2v) is 6.17. The molecule has 0 spiro atoms. The molecule has 1 amide bonds. The van der Waals surface area contributed by atoms with Crippen LogP contribution in [0.2, 0.25) is 0 Å². The summed E-state index contributed by atoms with van der Waals surface area (Å²) >= 11 is 0. The van der Waals surface area contributed by atoms with Gasteiger partial charge in [0.2, 0.25) is 5.91 Å². The third-order valence-corrected chi connectivity index (χ3v) is 4.61. The van der Waals surface area contributed by atoms with E-state index in [-0.39, 0.29) is 5.91 Å². The van der Waals surface area contributed by atoms with Gasteiger partial charge in [0.05, 0.1) is 5.41 Å². The van der Waals surface area contributed by atoms with Gasteiger partial charge in [0.15, 0.2) is 0 Å². The van der Waals surface area contributed by atoms with E-state index in [0.717, 1.165) is 30.4 Å². The van der Waals surface area contributed by atoms with Crippen molar-refractivity contribution in [3.8, 4) is 0 Å². The zero-order valence-electron chi connectivity index (χ0n) is 14.0. The number of hydrogen-bond acceptors (Lipinski definition) is 1. The Kier molecular flexibility index (Phi) is 6.40. The molecule has 0 unspecified atom stereocenters. The van der Waals surface area contributed by atoms with E-state index in [0.29, 0.717) is 0 Å². The molecule has 2 aromatic rings. The summed E-state index contributed by atoms with van der Waals surface area (Å²) in [5, 5.41) is 0. The summed E-state index contributed by atoms with van der Waals surface area (Å²) in [7, 11) is 0. The van der Waals surface area contributed by atoms with E-state index in [9.17, 15) is 4.79 Å². The fourth-order valence-electron chi connectivity index (χ4n) is 3.30. The van der Waals surface area contributed by atoms with E-state index in [2.05, 4.69) is 6.92 Å². The Morgan fingerprint density at radius 1 is 0.826 bits per heavy atom. The number of amides is 1. The lowest BCUT2D eigenvalue weighted by Crippen LogP contribution is -2.42. The molecule has 0 fully saturated rings. The van der Waals surface area contributed by atoms with Crippen LogP contribution < -0.4 is 5.73 Å². The fraction of sp³-hybridized carbons (Fsp3) is 0.381. The van der Waals surface area contributed by atoms with Crippen molar-refractivity contribution in [2.75, 3.05) is 0 Å². The summed E-state index contributed by atoms with van der Waals surface area (Å²) in [4.78, 5) is 12.6. The van der Waals surface area contributed by atoms with Crippen LogP contribution in [0.3, 0.4) is 0 Å². The van der Waals surface area contributed by atoms with Gasteiger partial charge in [0.1, 0.15) is 0 Å². The molecular weight excluding hydrogens is 282 g/mol. The smallest absolute Gasteiger partial charge is 0.232 e. The molecular formula is C21H27NO. The predicted molar refractivity (Wildman–Crippen MR) is 96.2 cm³/mol. The van der Waals surface area contributed by atoms with Crippen LogP contribution in [0.25, 0.3) is 0 Å². The van der Waals surface area contributed by atoms with Gasteiger partial charge in [-0.3, -0.25) is 4.79 Å². The first-order valence-electron chi connectivity index (χ1n) is 8.62.